The molecule has 1 aliphatic carbocycles. The van der Waals surface area contributed by atoms with E-state index in [1.807, 2.05) is 0 Å². The Kier molecular flexibility index (Phi) is 4.29. The van der Waals surface area contributed by atoms with E-state index in [2.05, 4.69) is 0 Å². The van der Waals surface area contributed by atoms with Crippen LogP contribution in [0.2, 0.25) is 0 Å². The summed E-state index contributed by atoms with van der Waals surface area (Å²) in [6, 6.07) is 11.6. The molecular weight excluding hydrogens is 355 g/mol. The van der Waals surface area contributed by atoms with E-state index in [-0.39, 0.29) is 23.7 Å². The quantitative estimate of drug-likeness (QED) is 0.691. The number of anilines is 1. The molecule has 2 atom stereocenters. The van der Waals surface area contributed by atoms with E-state index < -0.39 is 11.7 Å². The molecule has 0 spiro atoms. The van der Waals surface area contributed by atoms with Crippen molar-refractivity contribution in [2.45, 2.75) is 31.9 Å². The number of carbonyl (C=O) groups is 2. The summed E-state index contributed by atoms with van der Waals surface area (Å²) in [6.45, 7) is 0. The Morgan fingerprint density at radius 2 is 1.37 bits per heavy atom. The molecule has 0 N–H and O–H groups in total. The SMILES string of the molecule is O=C1C2CCCC[C@H]2C(=O)N1c1cccc(-c2cccc(C(F)(F)F)c2)c1. The van der Waals surface area contributed by atoms with Crippen molar-refractivity contribution in [1.82, 2.24) is 0 Å². The Morgan fingerprint density at radius 3 is 1.96 bits per heavy atom. The van der Waals surface area contributed by atoms with Crippen LogP contribution in [-0.2, 0) is 15.8 Å². The van der Waals surface area contributed by atoms with Crippen LogP contribution in [-0.4, -0.2) is 11.8 Å². The Morgan fingerprint density at radius 1 is 0.815 bits per heavy atom. The molecule has 2 aliphatic rings. The number of rotatable bonds is 2. The minimum Gasteiger partial charge on any atom is -0.274 e. The van der Waals surface area contributed by atoms with Crippen LogP contribution in [0.3, 0.4) is 0 Å². The van der Waals surface area contributed by atoms with Crippen LogP contribution < -0.4 is 4.90 Å². The van der Waals surface area contributed by atoms with E-state index >= 15 is 0 Å². The number of fused-ring (bicyclic) bond motifs is 1. The predicted octanol–water partition coefficient (Wildman–Crippen LogP) is 5.05. The number of hydrogen-bond acceptors (Lipinski definition) is 2. The minimum atomic E-state index is -4.43. The number of imide groups is 1. The third kappa shape index (κ3) is 3.13. The van der Waals surface area contributed by atoms with Crippen LogP contribution in [0.4, 0.5) is 18.9 Å². The molecule has 140 valence electrons. The fourth-order valence-corrected chi connectivity index (χ4v) is 4.12. The van der Waals surface area contributed by atoms with Crippen LogP contribution in [0.5, 0.6) is 0 Å². The summed E-state index contributed by atoms with van der Waals surface area (Å²) in [4.78, 5) is 26.7. The fraction of sp³-hybridized carbons (Fsp3) is 0.333. The molecule has 2 aromatic rings. The Balaban J connectivity index is 1.70. The van der Waals surface area contributed by atoms with Crippen molar-refractivity contribution in [1.29, 1.82) is 0 Å². The molecule has 3 nitrogen and oxygen atoms in total. The number of alkyl halides is 3. The molecule has 1 heterocycles. The number of halogens is 3. The van der Waals surface area contributed by atoms with E-state index in [0.717, 1.165) is 37.8 Å². The maximum absolute atomic E-state index is 13.0. The summed E-state index contributed by atoms with van der Waals surface area (Å²) >= 11 is 0. The summed E-state index contributed by atoms with van der Waals surface area (Å²) in [5.41, 5.74) is 0.622. The molecular formula is C21H18F3NO2. The van der Waals surface area contributed by atoms with Crippen molar-refractivity contribution in [2.24, 2.45) is 11.8 Å². The van der Waals surface area contributed by atoms with E-state index in [9.17, 15) is 22.8 Å². The molecule has 1 saturated heterocycles. The van der Waals surface area contributed by atoms with Gasteiger partial charge < -0.3 is 0 Å². The lowest BCUT2D eigenvalue weighted by molar-refractivity contribution is -0.137. The molecule has 0 radical (unpaired) electrons. The van der Waals surface area contributed by atoms with Crippen molar-refractivity contribution in [3.8, 4) is 11.1 Å². The minimum absolute atomic E-state index is 0.189. The first-order valence-corrected chi connectivity index (χ1v) is 9.02. The second-order valence-corrected chi connectivity index (χ2v) is 7.14. The van der Waals surface area contributed by atoms with Gasteiger partial charge in [-0.05, 0) is 48.2 Å². The average molecular weight is 373 g/mol. The molecule has 27 heavy (non-hydrogen) atoms. The molecule has 0 aromatic heterocycles. The Hall–Kier alpha value is -2.63. The number of nitrogens with zero attached hydrogens (tertiary/aromatic N) is 1. The van der Waals surface area contributed by atoms with Crippen LogP contribution >= 0.6 is 0 Å². The van der Waals surface area contributed by atoms with E-state index in [4.69, 9.17) is 0 Å². The monoisotopic (exact) mass is 373 g/mol. The lowest BCUT2D eigenvalue weighted by Gasteiger charge is -2.19. The van der Waals surface area contributed by atoms with Gasteiger partial charge in [-0.1, -0.05) is 37.1 Å². The molecule has 2 aromatic carbocycles. The lowest BCUT2D eigenvalue weighted by Crippen LogP contribution is -2.30. The molecule has 1 unspecified atom stereocenters. The van der Waals surface area contributed by atoms with Crippen LogP contribution in [0.25, 0.3) is 11.1 Å². The van der Waals surface area contributed by atoms with Crippen molar-refractivity contribution in [2.75, 3.05) is 4.90 Å². The van der Waals surface area contributed by atoms with Gasteiger partial charge >= 0.3 is 6.18 Å². The highest BCUT2D eigenvalue weighted by atomic mass is 19.4. The van der Waals surface area contributed by atoms with E-state index in [0.29, 0.717) is 16.8 Å². The molecule has 1 saturated carbocycles. The van der Waals surface area contributed by atoms with Gasteiger partial charge in [0.25, 0.3) is 0 Å². The number of carbonyl (C=O) groups excluding carboxylic acids is 2. The zero-order chi connectivity index (χ0) is 19.2. The highest BCUT2D eigenvalue weighted by molar-refractivity contribution is 6.22. The smallest absolute Gasteiger partial charge is 0.274 e. The van der Waals surface area contributed by atoms with Gasteiger partial charge in [-0.3, -0.25) is 14.5 Å². The number of amides is 2. The normalized spacial score (nSPS) is 22.9. The molecule has 0 bridgehead atoms. The second kappa shape index (κ2) is 6.51. The first-order chi connectivity index (χ1) is 12.9. The molecule has 6 heteroatoms. The van der Waals surface area contributed by atoms with Gasteiger partial charge in [-0.15, -0.1) is 0 Å². The topological polar surface area (TPSA) is 37.4 Å². The van der Waals surface area contributed by atoms with Gasteiger partial charge in [-0.2, -0.15) is 13.2 Å². The van der Waals surface area contributed by atoms with Gasteiger partial charge in [0.15, 0.2) is 0 Å². The maximum atomic E-state index is 13.0. The van der Waals surface area contributed by atoms with E-state index in [1.165, 1.54) is 11.0 Å². The fourth-order valence-electron chi connectivity index (χ4n) is 4.12. The van der Waals surface area contributed by atoms with Gasteiger partial charge in [0.2, 0.25) is 11.8 Å². The van der Waals surface area contributed by atoms with Gasteiger partial charge in [0, 0.05) is 0 Å². The standard InChI is InChI=1S/C21H18F3NO2/c22-21(23,24)15-7-3-5-13(11-15)14-6-4-8-16(12-14)25-19(26)17-9-1-2-10-18(17)20(25)27/h3-8,11-12,17-18H,1-2,9-10H2/t17-,18?/m1/s1. The largest absolute Gasteiger partial charge is 0.416 e. The van der Waals surface area contributed by atoms with Crippen molar-refractivity contribution in [3.05, 3.63) is 54.1 Å². The number of hydrogen-bond donors (Lipinski definition) is 0. The first kappa shape index (κ1) is 17.8. The first-order valence-electron chi connectivity index (χ1n) is 9.02. The Bertz CT molecular complexity index is 882. The molecule has 2 fully saturated rings. The summed E-state index contributed by atoms with van der Waals surface area (Å²) < 4.78 is 39.0. The third-order valence-electron chi connectivity index (χ3n) is 5.47. The highest BCUT2D eigenvalue weighted by Crippen LogP contribution is 2.41. The summed E-state index contributed by atoms with van der Waals surface area (Å²) in [5.74, 6) is -0.899. The summed E-state index contributed by atoms with van der Waals surface area (Å²) in [6.07, 6.45) is -1.10. The second-order valence-electron chi connectivity index (χ2n) is 7.14. The van der Waals surface area contributed by atoms with Crippen LogP contribution in [0.15, 0.2) is 48.5 Å². The molecule has 2 amide bonds. The van der Waals surface area contributed by atoms with Crippen molar-refractivity contribution >= 4 is 17.5 Å². The molecule has 4 rings (SSSR count). The maximum Gasteiger partial charge on any atom is 0.416 e. The molecule has 1 aliphatic heterocycles. The lowest BCUT2D eigenvalue weighted by atomic mass is 9.81. The van der Waals surface area contributed by atoms with Crippen molar-refractivity contribution in [3.63, 3.8) is 0 Å². The highest BCUT2D eigenvalue weighted by Gasteiger charge is 2.48. The van der Waals surface area contributed by atoms with Crippen molar-refractivity contribution < 1.29 is 22.8 Å². The average Bonchev–Trinajstić information content (AvgIpc) is 2.92. The van der Waals surface area contributed by atoms with Crippen LogP contribution in [0, 0.1) is 11.8 Å². The zero-order valence-corrected chi connectivity index (χ0v) is 14.5. The van der Waals surface area contributed by atoms with Gasteiger partial charge in [0.1, 0.15) is 0 Å². The summed E-state index contributed by atoms with van der Waals surface area (Å²) in [7, 11) is 0. The predicted molar refractivity (Wildman–Crippen MR) is 94.8 cm³/mol. The van der Waals surface area contributed by atoms with Gasteiger partial charge in [0.05, 0.1) is 23.1 Å². The summed E-state index contributed by atoms with van der Waals surface area (Å²) in [5, 5.41) is 0. The van der Waals surface area contributed by atoms with Crippen LogP contribution in [0.1, 0.15) is 31.2 Å². The zero-order valence-electron chi connectivity index (χ0n) is 14.5. The van der Waals surface area contributed by atoms with Gasteiger partial charge in [-0.25, -0.2) is 0 Å². The van der Waals surface area contributed by atoms with E-state index in [1.54, 1.807) is 30.3 Å². The third-order valence-corrected chi connectivity index (χ3v) is 5.47. The number of benzene rings is 2. The Labute approximate surface area is 154 Å².